The van der Waals surface area contributed by atoms with Crippen LogP contribution in [0.3, 0.4) is 0 Å². The van der Waals surface area contributed by atoms with Crippen molar-refractivity contribution in [2.45, 2.75) is 57.6 Å². The van der Waals surface area contributed by atoms with Gasteiger partial charge in [0, 0.05) is 38.1 Å². The SMILES string of the molecule is CCCn1cc(S(=O)(=O)N(C)C(C)CC)cc1CN. The fourth-order valence-electron chi connectivity index (χ4n) is 1.95. The first kappa shape index (κ1) is 16.2. The van der Waals surface area contributed by atoms with Gasteiger partial charge in [-0.25, -0.2) is 8.42 Å². The fraction of sp³-hybridized carbons (Fsp3) is 0.692. The van der Waals surface area contributed by atoms with Crippen LogP contribution >= 0.6 is 0 Å². The molecule has 1 aromatic rings. The van der Waals surface area contributed by atoms with E-state index >= 15 is 0 Å². The number of rotatable bonds is 7. The van der Waals surface area contributed by atoms with Crippen molar-refractivity contribution in [2.24, 2.45) is 5.73 Å². The van der Waals surface area contributed by atoms with Gasteiger partial charge in [-0.2, -0.15) is 4.31 Å². The van der Waals surface area contributed by atoms with E-state index in [1.54, 1.807) is 19.3 Å². The molecule has 0 fully saturated rings. The second-order valence-corrected chi connectivity index (χ2v) is 6.84. The fourth-order valence-corrected chi connectivity index (χ4v) is 3.45. The van der Waals surface area contributed by atoms with Crippen molar-refractivity contribution in [3.8, 4) is 0 Å². The molecule has 1 rings (SSSR count). The first-order valence-corrected chi connectivity index (χ1v) is 8.19. The van der Waals surface area contributed by atoms with Gasteiger partial charge in [-0.05, 0) is 25.8 Å². The third-order valence-corrected chi connectivity index (χ3v) is 5.46. The lowest BCUT2D eigenvalue weighted by Gasteiger charge is -2.22. The molecule has 0 aliphatic carbocycles. The number of nitrogens with two attached hydrogens (primary N) is 1. The molecule has 1 heterocycles. The summed E-state index contributed by atoms with van der Waals surface area (Å²) in [7, 11) is -1.80. The number of hydrogen-bond donors (Lipinski definition) is 1. The average molecular weight is 287 g/mol. The van der Waals surface area contributed by atoms with E-state index in [1.165, 1.54) is 4.31 Å². The highest BCUT2D eigenvalue weighted by Gasteiger charge is 2.26. The molecule has 0 aliphatic rings. The van der Waals surface area contributed by atoms with E-state index in [9.17, 15) is 8.42 Å². The zero-order chi connectivity index (χ0) is 14.6. The van der Waals surface area contributed by atoms with E-state index in [4.69, 9.17) is 5.73 Å². The summed E-state index contributed by atoms with van der Waals surface area (Å²) in [4.78, 5) is 0.337. The van der Waals surface area contributed by atoms with Crippen LogP contribution < -0.4 is 5.73 Å². The highest BCUT2D eigenvalue weighted by molar-refractivity contribution is 7.89. The molecule has 5 nitrogen and oxygen atoms in total. The zero-order valence-electron chi connectivity index (χ0n) is 12.3. The summed E-state index contributed by atoms with van der Waals surface area (Å²) in [6.45, 7) is 7.08. The van der Waals surface area contributed by atoms with Crippen molar-refractivity contribution in [3.63, 3.8) is 0 Å². The average Bonchev–Trinajstić information content (AvgIpc) is 2.81. The Hall–Kier alpha value is -0.850. The summed E-state index contributed by atoms with van der Waals surface area (Å²) in [5, 5.41) is 0. The van der Waals surface area contributed by atoms with Crippen LogP contribution in [0.2, 0.25) is 0 Å². The van der Waals surface area contributed by atoms with Crippen molar-refractivity contribution in [3.05, 3.63) is 18.0 Å². The van der Waals surface area contributed by atoms with Gasteiger partial charge in [0.05, 0.1) is 0 Å². The molecule has 0 amide bonds. The Bertz CT molecular complexity index is 508. The quantitative estimate of drug-likeness (QED) is 0.831. The van der Waals surface area contributed by atoms with Gasteiger partial charge in [-0.15, -0.1) is 0 Å². The van der Waals surface area contributed by atoms with Crippen LogP contribution in [-0.2, 0) is 23.1 Å². The van der Waals surface area contributed by atoms with Gasteiger partial charge < -0.3 is 10.3 Å². The van der Waals surface area contributed by atoms with Crippen molar-refractivity contribution in [2.75, 3.05) is 7.05 Å². The topological polar surface area (TPSA) is 68.3 Å². The molecule has 0 aromatic carbocycles. The Kier molecular flexibility index (Phi) is 5.58. The number of nitrogens with zero attached hydrogens (tertiary/aromatic N) is 2. The van der Waals surface area contributed by atoms with E-state index in [2.05, 4.69) is 6.92 Å². The number of aryl methyl sites for hydroxylation is 1. The number of sulfonamides is 1. The smallest absolute Gasteiger partial charge is 0.244 e. The van der Waals surface area contributed by atoms with Crippen molar-refractivity contribution < 1.29 is 8.42 Å². The summed E-state index contributed by atoms with van der Waals surface area (Å²) >= 11 is 0. The molecule has 1 atom stereocenters. The molecular weight excluding hydrogens is 262 g/mol. The standard InChI is InChI=1S/C13H25N3O2S/c1-5-7-16-10-13(8-12(16)9-14)19(17,18)15(4)11(3)6-2/h8,10-11H,5-7,9,14H2,1-4H3. The third kappa shape index (κ3) is 3.38. The maximum Gasteiger partial charge on any atom is 0.244 e. The van der Waals surface area contributed by atoms with Gasteiger partial charge in [0.25, 0.3) is 0 Å². The molecule has 2 N–H and O–H groups in total. The maximum absolute atomic E-state index is 12.5. The molecule has 19 heavy (non-hydrogen) atoms. The minimum Gasteiger partial charge on any atom is -0.349 e. The highest BCUT2D eigenvalue weighted by atomic mass is 32.2. The minimum atomic E-state index is -3.42. The second-order valence-electron chi connectivity index (χ2n) is 4.84. The molecule has 6 heteroatoms. The Labute approximate surface area is 116 Å². The lowest BCUT2D eigenvalue weighted by atomic mass is 10.3. The predicted octanol–water partition coefficient (Wildman–Crippen LogP) is 1.78. The monoisotopic (exact) mass is 287 g/mol. The molecule has 0 spiro atoms. The largest absolute Gasteiger partial charge is 0.349 e. The third-order valence-electron chi connectivity index (χ3n) is 3.52. The van der Waals surface area contributed by atoms with E-state index in [0.29, 0.717) is 11.4 Å². The normalized spacial score (nSPS) is 14.0. The van der Waals surface area contributed by atoms with E-state index in [-0.39, 0.29) is 6.04 Å². The lowest BCUT2D eigenvalue weighted by molar-refractivity contribution is 0.380. The van der Waals surface area contributed by atoms with E-state index in [1.807, 2.05) is 18.4 Å². The Balaban J connectivity index is 3.15. The molecule has 1 unspecified atom stereocenters. The van der Waals surface area contributed by atoms with Gasteiger partial charge >= 0.3 is 0 Å². The van der Waals surface area contributed by atoms with Gasteiger partial charge in [0.2, 0.25) is 10.0 Å². The summed E-state index contributed by atoms with van der Waals surface area (Å²) in [5.41, 5.74) is 6.53. The molecule has 1 aromatic heterocycles. The van der Waals surface area contributed by atoms with Crippen LogP contribution in [0.4, 0.5) is 0 Å². The lowest BCUT2D eigenvalue weighted by Crippen LogP contribution is -2.34. The predicted molar refractivity (Wildman–Crippen MR) is 77.3 cm³/mol. The van der Waals surface area contributed by atoms with Crippen LogP contribution in [0.1, 0.15) is 39.3 Å². The highest BCUT2D eigenvalue weighted by Crippen LogP contribution is 2.20. The van der Waals surface area contributed by atoms with Crippen molar-refractivity contribution in [1.29, 1.82) is 0 Å². The summed E-state index contributed by atoms with van der Waals surface area (Å²) in [5.74, 6) is 0. The van der Waals surface area contributed by atoms with Gasteiger partial charge in [0.15, 0.2) is 0 Å². The van der Waals surface area contributed by atoms with Crippen LogP contribution in [0.5, 0.6) is 0 Å². The summed E-state index contributed by atoms with van der Waals surface area (Å²) in [6.07, 6.45) is 3.43. The van der Waals surface area contributed by atoms with Crippen LogP contribution in [0.15, 0.2) is 17.2 Å². The Morgan fingerprint density at radius 3 is 2.53 bits per heavy atom. The molecule has 0 aliphatic heterocycles. The first-order valence-electron chi connectivity index (χ1n) is 6.75. The second kappa shape index (κ2) is 6.54. The molecular formula is C13H25N3O2S. The molecule has 0 saturated carbocycles. The van der Waals surface area contributed by atoms with Gasteiger partial charge in [0.1, 0.15) is 4.90 Å². The van der Waals surface area contributed by atoms with Crippen LogP contribution in [0, 0.1) is 0 Å². The van der Waals surface area contributed by atoms with Gasteiger partial charge in [-0.1, -0.05) is 13.8 Å². The van der Waals surface area contributed by atoms with Crippen molar-refractivity contribution >= 4 is 10.0 Å². The Morgan fingerprint density at radius 1 is 1.42 bits per heavy atom. The number of hydrogen-bond acceptors (Lipinski definition) is 3. The van der Waals surface area contributed by atoms with Crippen LogP contribution in [0.25, 0.3) is 0 Å². The maximum atomic E-state index is 12.5. The van der Waals surface area contributed by atoms with Gasteiger partial charge in [-0.3, -0.25) is 0 Å². The molecule has 0 saturated heterocycles. The molecule has 0 radical (unpaired) electrons. The van der Waals surface area contributed by atoms with E-state index in [0.717, 1.165) is 25.1 Å². The molecule has 0 bridgehead atoms. The Morgan fingerprint density at radius 2 is 2.05 bits per heavy atom. The van der Waals surface area contributed by atoms with E-state index < -0.39 is 10.0 Å². The first-order chi connectivity index (χ1) is 8.88. The number of aromatic nitrogens is 1. The van der Waals surface area contributed by atoms with Crippen molar-refractivity contribution in [1.82, 2.24) is 8.87 Å². The summed E-state index contributed by atoms with van der Waals surface area (Å²) in [6, 6.07) is 1.67. The summed E-state index contributed by atoms with van der Waals surface area (Å²) < 4.78 is 28.3. The minimum absolute atomic E-state index is 0.0131. The molecule has 110 valence electrons. The van der Waals surface area contributed by atoms with Crippen LogP contribution in [-0.4, -0.2) is 30.4 Å². The zero-order valence-corrected chi connectivity index (χ0v) is 13.1.